The SMILES string of the molecule is CCOc1ccccc1-c1csc(NC(=O)C=Cc2ccc(OC)c(OC)c2)n1. The van der Waals surface area contributed by atoms with Gasteiger partial charge in [0.1, 0.15) is 5.75 Å². The second kappa shape index (κ2) is 9.75. The zero-order valence-electron chi connectivity index (χ0n) is 16.5. The second-order valence-electron chi connectivity index (χ2n) is 5.90. The molecule has 2 aromatic carbocycles. The highest BCUT2D eigenvalue weighted by atomic mass is 32.1. The van der Waals surface area contributed by atoms with Gasteiger partial charge in [0.15, 0.2) is 16.6 Å². The average molecular weight is 410 g/mol. The van der Waals surface area contributed by atoms with Gasteiger partial charge in [0.05, 0.1) is 26.5 Å². The van der Waals surface area contributed by atoms with E-state index in [1.165, 1.54) is 17.4 Å². The van der Waals surface area contributed by atoms with Crippen molar-refractivity contribution in [3.63, 3.8) is 0 Å². The molecule has 0 bridgehead atoms. The Labute approximate surface area is 173 Å². The van der Waals surface area contributed by atoms with Crippen LogP contribution in [0.15, 0.2) is 53.9 Å². The molecular formula is C22H22N2O4S. The number of carbonyl (C=O) groups is 1. The molecule has 0 unspecified atom stereocenters. The number of aromatic nitrogens is 1. The number of rotatable bonds is 8. The van der Waals surface area contributed by atoms with Crippen LogP contribution in [0.3, 0.4) is 0 Å². The van der Waals surface area contributed by atoms with Gasteiger partial charge < -0.3 is 14.2 Å². The fourth-order valence-corrected chi connectivity index (χ4v) is 3.40. The van der Waals surface area contributed by atoms with Crippen LogP contribution in [0.25, 0.3) is 17.3 Å². The topological polar surface area (TPSA) is 69.7 Å². The number of para-hydroxylation sites is 1. The predicted molar refractivity (Wildman–Crippen MR) is 116 cm³/mol. The number of nitrogens with zero attached hydrogens (tertiary/aromatic N) is 1. The standard InChI is InChI=1S/C22H22N2O4S/c1-4-28-18-8-6-5-7-16(18)17-14-29-22(23-17)24-21(25)12-10-15-9-11-19(26-2)20(13-15)27-3/h5-14H,4H2,1-3H3,(H,23,24,25). The molecule has 3 rings (SSSR count). The Hall–Kier alpha value is -3.32. The van der Waals surface area contributed by atoms with Gasteiger partial charge in [0.2, 0.25) is 5.91 Å². The molecule has 1 N–H and O–H groups in total. The van der Waals surface area contributed by atoms with E-state index in [0.29, 0.717) is 23.2 Å². The van der Waals surface area contributed by atoms with Gasteiger partial charge in [-0.15, -0.1) is 11.3 Å². The molecule has 0 radical (unpaired) electrons. The zero-order chi connectivity index (χ0) is 20.6. The molecule has 3 aromatic rings. The molecular weight excluding hydrogens is 388 g/mol. The van der Waals surface area contributed by atoms with E-state index in [4.69, 9.17) is 14.2 Å². The number of hydrogen-bond acceptors (Lipinski definition) is 6. The molecule has 0 saturated carbocycles. The van der Waals surface area contributed by atoms with Gasteiger partial charge in [-0.05, 0) is 42.8 Å². The number of nitrogens with one attached hydrogen (secondary N) is 1. The van der Waals surface area contributed by atoms with Crippen molar-refractivity contribution >= 4 is 28.5 Å². The molecule has 0 spiro atoms. The summed E-state index contributed by atoms with van der Waals surface area (Å²) in [5.74, 6) is 1.75. The number of hydrogen-bond donors (Lipinski definition) is 1. The Balaban J connectivity index is 1.69. The highest BCUT2D eigenvalue weighted by Gasteiger charge is 2.11. The molecule has 0 fully saturated rings. The number of amides is 1. The molecule has 1 aromatic heterocycles. The highest BCUT2D eigenvalue weighted by Crippen LogP contribution is 2.32. The predicted octanol–water partition coefficient (Wildman–Crippen LogP) is 4.88. The van der Waals surface area contributed by atoms with Gasteiger partial charge in [0.25, 0.3) is 0 Å². The molecule has 7 heteroatoms. The minimum absolute atomic E-state index is 0.265. The summed E-state index contributed by atoms with van der Waals surface area (Å²) in [4.78, 5) is 16.8. The lowest BCUT2D eigenvalue weighted by Crippen LogP contribution is -2.07. The fraction of sp³-hybridized carbons (Fsp3) is 0.182. The number of carbonyl (C=O) groups excluding carboxylic acids is 1. The smallest absolute Gasteiger partial charge is 0.250 e. The van der Waals surface area contributed by atoms with Crippen LogP contribution in [-0.4, -0.2) is 31.7 Å². The van der Waals surface area contributed by atoms with E-state index in [2.05, 4.69) is 10.3 Å². The lowest BCUT2D eigenvalue weighted by Gasteiger charge is -2.07. The van der Waals surface area contributed by atoms with Crippen molar-refractivity contribution in [2.24, 2.45) is 0 Å². The minimum Gasteiger partial charge on any atom is -0.493 e. The van der Waals surface area contributed by atoms with Crippen molar-refractivity contribution in [3.05, 3.63) is 59.5 Å². The Morgan fingerprint density at radius 1 is 1.10 bits per heavy atom. The van der Waals surface area contributed by atoms with Gasteiger partial charge in [-0.1, -0.05) is 18.2 Å². The summed E-state index contributed by atoms with van der Waals surface area (Å²) in [6, 6.07) is 13.1. The largest absolute Gasteiger partial charge is 0.493 e. The van der Waals surface area contributed by atoms with Crippen LogP contribution >= 0.6 is 11.3 Å². The van der Waals surface area contributed by atoms with Crippen LogP contribution in [-0.2, 0) is 4.79 Å². The van der Waals surface area contributed by atoms with Crippen LogP contribution in [0.1, 0.15) is 12.5 Å². The summed E-state index contributed by atoms with van der Waals surface area (Å²) in [6.45, 7) is 2.51. The van der Waals surface area contributed by atoms with Crippen molar-refractivity contribution in [1.82, 2.24) is 4.98 Å². The number of anilines is 1. The number of thiazole rings is 1. The molecule has 6 nitrogen and oxygen atoms in total. The summed E-state index contributed by atoms with van der Waals surface area (Å²) in [7, 11) is 3.15. The lowest BCUT2D eigenvalue weighted by atomic mass is 10.1. The normalized spacial score (nSPS) is 10.7. The molecule has 0 atom stereocenters. The average Bonchev–Trinajstić information content (AvgIpc) is 3.20. The molecule has 0 saturated heterocycles. The second-order valence-corrected chi connectivity index (χ2v) is 6.76. The number of methoxy groups -OCH3 is 2. The minimum atomic E-state index is -0.265. The first kappa shape index (κ1) is 20.4. The number of ether oxygens (including phenoxy) is 3. The first-order valence-corrected chi connectivity index (χ1v) is 9.91. The maximum atomic E-state index is 12.3. The molecule has 150 valence electrons. The quantitative estimate of drug-likeness (QED) is 0.536. The summed E-state index contributed by atoms with van der Waals surface area (Å²) in [6.07, 6.45) is 3.16. The van der Waals surface area contributed by atoms with E-state index in [1.807, 2.05) is 42.6 Å². The number of benzene rings is 2. The lowest BCUT2D eigenvalue weighted by molar-refractivity contribution is -0.111. The Kier molecular flexibility index (Phi) is 6.86. The van der Waals surface area contributed by atoms with E-state index >= 15 is 0 Å². The maximum Gasteiger partial charge on any atom is 0.250 e. The Bertz CT molecular complexity index is 1010. The third-order valence-electron chi connectivity index (χ3n) is 4.03. The van der Waals surface area contributed by atoms with Gasteiger partial charge >= 0.3 is 0 Å². The van der Waals surface area contributed by atoms with Gasteiger partial charge in [-0.25, -0.2) is 4.98 Å². The monoisotopic (exact) mass is 410 g/mol. The van der Waals surface area contributed by atoms with E-state index in [-0.39, 0.29) is 5.91 Å². The Morgan fingerprint density at radius 2 is 1.90 bits per heavy atom. The maximum absolute atomic E-state index is 12.3. The van der Waals surface area contributed by atoms with Crippen molar-refractivity contribution in [1.29, 1.82) is 0 Å². The van der Waals surface area contributed by atoms with E-state index in [9.17, 15) is 4.79 Å². The van der Waals surface area contributed by atoms with E-state index in [1.54, 1.807) is 32.4 Å². The molecule has 0 aliphatic heterocycles. The van der Waals surface area contributed by atoms with Crippen LogP contribution < -0.4 is 19.5 Å². The molecule has 29 heavy (non-hydrogen) atoms. The molecule has 0 aliphatic carbocycles. The van der Waals surface area contributed by atoms with Crippen molar-refractivity contribution in [2.75, 3.05) is 26.1 Å². The first-order valence-electron chi connectivity index (χ1n) is 9.03. The molecule has 1 amide bonds. The zero-order valence-corrected chi connectivity index (χ0v) is 17.3. The Morgan fingerprint density at radius 3 is 2.66 bits per heavy atom. The van der Waals surface area contributed by atoms with Crippen LogP contribution in [0.5, 0.6) is 17.2 Å². The van der Waals surface area contributed by atoms with E-state index < -0.39 is 0 Å². The van der Waals surface area contributed by atoms with Crippen molar-refractivity contribution in [3.8, 4) is 28.5 Å². The molecule has 1 heterocycles. The molecule has 0 aliphatic rings. The van der Waals surface area contributed by atoms with E-state index in [0.717, 1.165) is 22.6 Å². The highest BCUT2D eigenvalue weighted by molar-refractivity contribution is 7.14. The third kappa shape index (κ3) is 5.14. The van der Waals surface area contributed by atoms with Gasteiger partial charge in [-0.3, -0.25) is 10.1 Å². The van der Waals surface area contributed by atoms with Crippen molar-refractivity contribution < 1.29 is 19.0 Å². The van der Waals surface area contributed by atoms with Gasteiger partial charge in [0, 0.05) is 17.0 Å². The third-order valence-corrected chi connectivity index (χ3v) is 4.79. The van der Waals surface area contributed by atoms with Crippen molar-refractivity contribution in [2.45, 2.75) is 6.92 Å². The van der Waals surface area contributed by atoms with Crippen LogP contribution in [0, 0.1) is 0 Å². The van der Waals surface area contributed by atoms with Crippen LogP contribution in [0.2, 0.25) is 0 Å². The van der Waals surface area contributed by atoms with Gasteiger partial charge in [-0.2, -0.15) is 0 Å². The fourth-order valence-electron chi connectivity index (χ4n) is 2.69. The summed E-state index contributed by atoms with van der Waals surface area (Å²) in [5, 5.41) is 5.21. The summed E-state index contributed by atoms with van der Waals surface area (Å²) >= 11 is 1.36. The summed E-state index contributed by atoms with van der Waals surface area (Å²) in [5.41, 5.74) is 2.48. The van der Waals surface area contributed by atoms with Crippen LogP contribution in [0.4, 0.5) is 5.13 Å². The first-order chi connectivity index (χ1) is 14.1. The summed E-state index contributed by atoms with van der Waals surface area (Å²) < 4.78 is 16.1.